The molecule has 0 aromatic heterocycles. The fourth-order valence-electron chi connectivity index (χ4n) is 2.65. The van der Waals surface area contributed by atoms with Gasteiger partial charge in [-0.2, -0.15) is 0 Å². The van der Waals surface area contributed by atoms with Crippen LogP contribution in [-0.4, -0.2) is 0 Å². The molecule has 0 heterocycles. The lowest BCUT2D eigenvalue weighted by atomic mass is 9.88. The van der Waals surface area contributed by atoms with E-state index >= 15 is 0 Å². The first-order valence-corrected chi connectivity index (χ1v) is 4.53. The van der Waals surface area contributed by atoms with Gasteiger partial charge in [-0.15, -0.1) is 0 Å². The maximum absolute atomic E-state index is 2.43. The molecule has 4 rings (SSSR count). The molecular weight excluding hydrogens is 132 g/mol. The molecule has 0 spiro atoms. The third kappa shape index (κ3) is 0.563. The second kappa shape index (κ2) is 1.69. The molecule has 0 nitrogen and oxygen atoms in total. The Labute approximate surface area is 67.2 Å². The molecule has 1 atom stereocenters. The highest BCUT2D eigenvalue weighted by Crippen LogP contribution is 2.44. The number of hydrogen-bond donors (Lipinski definition) is 0. The van der Waals surface area contributed by atoms with E-state index in [1.54, 1.807) is 22.3 Å². The molecule has 0 saturated carbocycles. The van der Waals surface area contributed by atoms with Crippen LogP contribution in [0, 0.1) is 0 Å². The molecule has 1 aromatic carbocycles. The van der Waals surface area contributed by atoms with Crippen LogP contribution in [-0.2, 0) is 19.3 Å². The highest BCUT2D eigenvalue weighted by atomic mass is 14.4. The van der Waals surface area contributed by atoms with Gasteiger partial charge < -0.3 is 0 Å². The maximum atomic E-state index is 2.43. The Hall–Kier alpha value is -0.780. The summed E-state index contributed by atoms with van der Waals surface area (Å²) >= 11 is 0. The van der Waals surface area contributed by atoms with Gasteiger partial charge in [-0.3, -0.25) is 0 Å². The first kappa shape index (κ1) is 5.82. The highest BCUT2D eigenvalue weighted by Gasteiger charge is 2.32. The molecule has 4 bridgehead atoms. The summed E-state index contributed by atoms with van der Waals surface area (Å²) in [6.07, 6.45) is 3.93. The molecule has 0 amide bonds. The van der Waals surface area contributed by atoms with Crippen molar-refractivity contribution in [1.82, 2.24) is 0 Å². The fourth-order valence-corrected chi connectivity index (χ4v) is 2.65. The van der Waals surface area contributed by atoms with Crippen LogP contribution < -0.4 is 0 Å². The van der Waals surface area contributed by atoms with Gasteiger partial charge in [0.2, 0.25) is 0 Å². The van der Waals surface area contributed by atoms with Crippen LogP contribution in [0.4, 0.5) is 0 Å². The van der Waals surface area contributed by atoms with E-state index in [0.29, 0.717) is 0 Å². The molecule has 0 heteroatoms. The average molecular weight is 144 g/mol. The lowest BCUT2D eigenvalue weighted by Gasteiger charge is -2.16. The van der Waals surface area contributed by atoms with Crippen molar-refractivity contribution < 1.29 is 0 Å². The van der Waals surface area contributed by atoms with Gasteiger partial charge in [-0.05, 0) is 47.4 Å². The zero-order valence-corrected chi connectivity index (χ0v) is 6.85. The van der Waals surface area contributed by atoms with Crippen molar-refractivity contribution >= 4 is 0 Å². The number of rotatable bonds is 1. The van der Waals surface area contributed by atoms with Gasteiger partial charge in [-0.1, -0.05) is 19.1 Å². The van der Waals surface area contributed by atoms with Crippen LogP contribution in [0.25, 0.3) is 0 Å². The van der Waals surface area contributed by atoms with Crippen LogP contribution >= 0.6 is 0 Å². The van der Waals surface area contributed by atoms with Gasteiger partial charge in [0.25, 0.3) is 0 Å². The Kier molecular flexibility index (Phi) is 0.892. The second-order valence-corrected chi connectivity index (χ2v) is 3.78. The summed E-state index contributed by atoms with van der Waals surface area (Å²) < 4.78 is 0. The van der Waals surface area contributed by atoms with Crippen molar-refractivity contribution in [2.24, 2.45) is 0 Å². The number of aryl methyl sites for hydroxylation is 1. The van der Waals surface area contributed by atoms with Gasteiger partial charge in [0.15, 0.2) is 0 Å². The summed E-state index contributed by atoms with van der Waals surface area (Å²) in [5.74, 6) is 0.903. The van der Waals surface area contributed by atoms with Crippen LogP contribution in [0.15, 0.2) is 12.1 Å². The highest BCUT2D eigenvalue weighted by molar-refractivity contribution is 5.52. The Bertz CT molecular complexity index is 323. The topological polar surface area (TPSA) is 0 Å². The van der Waals surface area contributed by atoms with Crippen LogP contribution in [0.5, 0.6) is 0 Å². The summed E-state index contributed by atoms with van der Waals surface area (Å²) in [5, 5.41) is 0. The Balaban J connectivity index is 2.32. The molecule has 1 unspecified atom stereocenters. The second-order valence-electron chi connectivity index (χ2n) is 3.78. The predicted octanol–water partition coefficient (Wildman–Crippen LogP) is 2.44. The molecule has 0 saturated heterocycles. The van der Waals surface area contributed by atoms with Crippen molar-refractivity contribution in [3.05, 3.63) is 34.4 Å². The average Bonchev–Trinajstić information content (AvgIpc) is 2.57. The molecule has 3 aliphatic rings. The molecule has 0 N–H and O–H groups in total. The summed E-state index contributed by atoms with van der Waals surface area (Å²) in [5.41, 5.74) is 6.55. The minimum atomic E-state index is 0.903. The van der Waals surface area contributed by atoms with E-state index in [2.05, 4.69) is 19.1 Å². The third-order valence-electron chi connectivity index (χ3n) is 3.21. The van der Waals surface area contributed by atoms with Crippen LogP contribution in [0.3, 0.4) is 0 Å². The largest absolute Gasteiger partial charge is 0.0613 e. The van der Waals surface area contributed by atoms with Gasteiger partial charge in [-0.25, -0.2) is 0 Å². The molecule has 1 aromatic rings. The summed E-state index contributed by atoms with van der Waals surface area (Å²) in [6, 6.07) is 4.86. The monoisotopic (exact) mass is 144 g/mol. The molecular formula is C11H12. The molecule has 56 valence electrons. The minimum absolute atomic E-state index is 0.903. The van der Waals surface area contributed by atoms with Crippen LogP contribution in [0.1, 0.15) is 35.1 Å². The van der Waals surface area contributed by atoms with Gasteiger partial charge in [0.1, 0.15) is 0 Å². The predicted molar refractivity (Wildman–Crippen MR) is 46.0 cm³/mol. The molecule has 3 aliphatic carbocycles. The van der Waals surface area contributed by atoms with E-state index in [1.807, 2.05) is 0 Å². The number of hydrogen-bond acceptors (Lipinski definition) is 0. The molecule has 0 aliphatic heterocycles. The number of benzene rings is 1. The van der Waals surface area contributed by atoms with Crippen molar-refractivity contribution in [3.8, 4) is 0 Å². The Morgan fingerprint density at radius 2 is 2.00 bits per heavy atom. The zero-order chi connectivity index (χ0) is 7.42. The van der Waals surface area contributed by atoms with E-state index in [0.717, 1.165) is 5.92 Å². The van der Waals surface area contributed by atoms with E-state index < -0.39 is 0 Å². The summed E-state index contributed by atoms with van der Waals surface area (Å²) in [7, 11) is 0. The maximum Gasteiger partial charge on any atom is -0.00780 e. The number of fused-ring (bicyclic) bond motifs is 1. The van der Waals surface area contributed by atoms with Crippen LogP contribution in [0.2, 0.25) is 0 Å². The Morgan fingerprint density at radius 3 is 2.55 bits per heavy atom. The molecule has 0 fully saturated rings. The fraction of sp³-hybridized carbons (Fsp3) is 0.455. The lowest BCUT2D eigenvalue weighted by molar-refractivity contribution is 0.739. The molecule has 11 heavy (non-hydrogen) atoms. The van der Waals surface area contributed by atoms with Gasteiger partial charge in [0.05, 0.1) is 0 Å². The quantitative estimate of drug-likeness (QED) is 0.568. The SMILES string of the molecule is CCc1cc2c3cc1C(C2)C3. The lowest BCUT2D eigenvalue weighted by Crippen LogP contribution is -2.04. The summed E-state index contributed by atoms with van der Waals surface area (Å²) in [6.45, 7) is 2.26. The van der Waals surface area contributed by atoms with Crippen molar-refractivity contribution in [1.29, 1.82) is 0 Å². The van der Waals surface area contributed by atoms with Crippen molar-refractivity contribution in [3.63, 3.8) is 0 Å². The zero-order valence-electron chi connectivity index (χ0n) is 6.85. The van der Waals surface area contributed by atoms with E-state index in [-0.39, 0.29) is 0 Å². The first-order chi connectivity index (χ1) is 5.38. The minimum Gasteiger partial charge on any atom is -0.0613 e. The first-order valence-electron chi connectivity index (χ1n) is 4.53. The smallest absolute Gasteiger partial charge is 0.00780 e. The van der Waals surface area contributed by atoms with Gasteiger partial charge >= 0.3 is 0 Å². The summed E-state index contributed by atoms with van der Waals surface area (Å²) in [4.78, 5) is 0. The van der Waals surface area contributed by atoms with E-state index in [9.17, 15) is 0 Å². The van der Waals surface area contributed by atoms with Gasteiger partial charge in [0, 0.05) is 0 Å². The van der Waals surface area contributed by atoms with E-state index in [4.69, 9.17) is 0 Å². The Morgan fingerprint density at radius 1 is 1.27 bits per heavy atom. The normalized spacial score (nSPS) is 23.5. The standard InChI is InChI=1S/C11H12/c1-2-7-3-8-4-10-5-9(8)6-11(7)10/h3,6,10H,2,4-5H2,1H3. The molecule has 0 radical (unpaired) electrons. The third-order valence-corrected chi connectivity index (χ3v) is 3.21. The van der Waals surface area contributed by atoms with Crippen molar-refractivity contribution in [2.45, 2.75) is 32.1 Å². The van der Waals surface area contributed by atoms with Crippen molar-refractivity contribution in [2.75, 3.05) is 0 Å². The van der Waals surface area contributed by atoms with E-state index in [1.165, 1.54) is 19.3 Å².